The Bertz CT molecular complexity index is 1010. The molecule has 2 N–H and O–H groups in total. The van der Waals surface area contributed by atoms with Gasteiger partial charge in [-0.25, -0.2) is 4.79 Å². The van der Waals surface area contributed by atoms with Crippen molar-refractivity contribution < 1.29 is 9.59 Å². The standard InChI is InChI=1S/C23H27N5O2/c1-16-8-10-18(13-20(16)24-3)25-15-26-19-11-9-17(2)21(14-19)27-23(30)28-12-6-4-5-7-22(28)29/h8-11,13-14,24H,4-7,12H2,1-3H3,(H,27,30). The molecule has 0 saturated carbocycles. The van der Waals surface area contributed by atoms with Crippen LogP contribution in [-0.4, -0.2) is 36.4 Å². The molecule has 3 amide bonds. The maximum absolute atomic E-state index is 12.6. The molecule has 7 nitrogen and oxygen atoms in total. The molecule has 1 aliphatic heterocycles. The molecule has 0 aliphatic carbocycles. The first-order valence-corrected chi connectivity index (χ1v) is 10.1. The summed E-state index contributed by atoms with van der Waals surface area (Å²) in [6.45, 7) is 4.38. The van der Waals surface area contributed by atoms with Crippen molar-refractivity contribution in [3.05, 3.63) is 47.5 Å². The highest BCUT2D eigenvalue weighted by molar-refractivity contribution is 6.01. The molecule has 1 heterocycles. The average Bonchev–Trinajstić information content (AvgIpc) is 2.96. The second kappa shape index (κ2) is 9.85. The van der Waals surface area contributed by atoms with Crippen molar-refractivity contribution in [2.75, 3.05) is 24.2 Å². The van der Waals surface area contributed by atoms with E-state index >= 15 is 0 Å². The predicted molar refractivity (Wildman–Crippen MR) is 120 cm³/mol. The molecular weight excluding hydrogens is 378 g/mol. The van der Waals surface area contributed by atoms with Crippen molar-refractivity contribution in [3.8, 4) is 0 Å². The molecule has 0 spiro atoms. The lowest BCUT2D eigenvalue weighted by atomic mass is 10.2. The first-order valence-electron chi connectivity index (χ1n) is 10.1. The second-order valence-electron chi connectivity index (χ2n) is 7.36. The Morgan fingerprint density at radius 3 is 2.27 bits per heavy atom. The van der Waals surface area contributed by atoms with Gasteiger partial charge in [-0.05, 0) is 62.1 Å². The van der Waals surface area contributed by atoms with Crippen LogP contribution in [0.3, 0.4) is 0 Å². The Morgan fingerprint density at radius 2 is 1.60 bits per heavy atom. The highest BCUT2D eigenvalue weighted by atomic mass is 16.2. The highest BCUT2D eigenvalue weighted by Crippen LogP contribution is 2.24. The number of rotatable bonds is 4. The van der Waals surface area contributed by atoms with Gasteiger partial charge in [-0.2, -0.15) is 9.98 Å². The average molecular weight is 406 g/mol. The van der Waals surface area contributed by atoms with Gasteiger partial charge in [0.25, 0.3) is 0 Å². The number of carbonyl (C=O) groups excluding carboxylic acids is 2. The van der Waals surface area contributed by atoms with Crippen LogP contribution in [-0.2, 0) is 4.79 Å². The SMILES string of the molecule is CNc1cc(N=C=Nc2ccc(C)c(NC(=O)N3CCCCCC3=O)c2)ccc1C. The fraction of sp³-hybridized carbons (Fsp3) is 0.348. The summed E-state index contributed by atoms with van der Waals surface area (Å²) in [7, 11) is 1.87. The number of nitrogens with zero attached hydrogens (tertiary/aromatic N) is 3. The lowest BCUT2D eigenvalue weighted by molar-refractivity contribution is -0.127. The van der Waals surface area contributed by atoms with Gasteiger partial charge < -0.3 is 10.6 Å². The van der Waals surface area contributed by atoms with Gasteiger partial charge in [-0.1, -0.05) is 18.6 Å². The third kappa shape index (κ3) is 5.33. The normalized spacial score (nSPS) is 13.8. The van der Waals surface area contributed by atoms with E-state index in [1.54, 1.807) is 6.07 Å². The van der Waals surface area contributed by atoms with Gasteiger partial charge in [0, 0.05) is 31.4 Å². The molecule has 0 aromatic heterocycles. The van der Waals surface area contributed by atoms with Crippen LogP contribution in [0.4, 0.5) is 27.5 Å². The number of nitrogens with one attached hydrogen (secondary N) is 2. The van der Waals surface area contributed by atoms with E-state index in [0.717, 1.165) is 41.8 Å². The molecule has 7 heteroatoms. The summed E-state index contributed by atoms with van der Waals surface area (Å²) in [5.41, 5.74) is 5.00. The molecule has 1 saturated heterocycles. The van der Waals surface area contributed by atoms with Gasteiger partial charge in [0.15, 0.2) is 0 Å². The van der Waals surface area contributed by atoms with Gasteiger partial charge in [-0.3, -0.25) is 9.69 Å². The molecule has 0 atom stereocenters. The van der Waals surface area contributed by atoms with Crippen LogP contribution >= 0.6 is 0 Å². The molecule has 2 aromatic carbocycles. The summed E-state index contributed by atoms with van der Waals surface area (Å²) < 4.78 is 0. The minimum atomic E-state index is -0.390. The quantitative estimate of drug-likeness (QED) is 0.666. The lowest BCUT2D eigenvalue weighted by Crippen LogP contribution is -2.39. The first-order chi connectivity index (χ1) is 14.5. The number of anilines is 2. The second-order valence-corrected chi connectivity index (χ2v) is 7.36. The molecule has 0 unspecified atom stereocenters. The first kappa shape index (κ1) is 21.3. The van der Waals surface area contributed by atoms with E-state index in [1.807, 2.05) is 51.2 Å². The van der Waals surface area contributed by atoms with Crippen LogP contribution in [0.1, 0.15) is 36.8 Å². The number of benzene rings is 2. The summed E-state index contributed by atoms with van der Waals surface area (Å²) in [6, 6.07) is 13.6. The van der Waals surface area contributed by atoms with Crippen molar-refractivity contribution in [1.82, 2.24) is 4.90 Å². The fourth-order valence-corrected chi connectivity index (χ4v) is 3.28. The number of carbonyl (C=O) groups is 2. The molecule has 2 aromatic rings. The summed E-state index contributed by atoms with van der Waals surface area (Å²) in [5, 5.41) is 5.97. The maximum atomic E-state index is 12.6. The van der Waals surface area contributed by atoms with E-state index in [0.29, 0.717) is 24.3 Å². The Hall–Kier alpha value is -3.44. The monoisotopic (exact) mass is 405 g/mol. The van der Waals surface area contributed by atoms with Crippen LogP contribution in [0.2, 0.25) is 0 Å². The minimum absolute atomic E-state index is 0.122. The van der Waals surface area contributed by atoms with Gasteiger partial charge in [0.05, 0.1) is 11.4 Å². The predicted octanol–water partition coefficient (Wildman–Crippen LogP) is 5.42. The Kier molecular flexibility index (Phi) is 6.99. The lowest BCUT2D eigenvalue weighted by Gasteiger charge is -2.19. The topological polar surface area (TPSA) is 86.2 Å². The molecule has 30 heavy (non-hydrogen) atoms. The molecule has 1 aliphatic rings. The third-order valence-electron chi connectivity index (χ3n) is 5.13. The zero-order valence-electron chi connectivity index (χ0n) is 17.7. The van der Waals surface area contributed by atoms with Crippen molar-refractivity contribution in [2.24, 2.45) is 9.98 Å². The van der Waals surface area contributed by atoms with Crippen LogP contribution in [0.5, 0.6) is 0 Å². The minimum Gasteiger partial charge on any atom is -0.388 e. The summed E-state index contributed by atoms with van der Waals surface area (Å²) in [5.74, 6) is -0.122. The molecular formula is C23H27N5O2. The number of hydrogen-bond acceptors (Lipinski definition) is 5. The number of amides is 3. The van der Waals surface area contributed by atoms with Gasteiger partial charge >= 0.3 is 6.03 Å². The van der Waals surface area contributed by atoms with E-state index in [9.17, 15) is 9.59 Å². The fourth-order valence-electron chi connectivity index (χ4n) is 3.28. The Morgan fingerprint density at radius 1 is 0.967 bits per heavy atom. The van der Waals surface area contributed by atoms with E-state index in [1.165, 1.54) is 4.90 Å². The molecule has 0 bridgehead atoms. The van der Waals surface area contributed by atoms with E-state index in [4.69, 9.17) is 0 Å². The summed E-state index contributed by atoms with van der Waals surface area (Å²) >= 11 is 0. The zero-order chi connectivity index (χ0) is 21.5. The third-order valence-corrected chi connectivity index (χ3v) is 5.13. The maximum Gasteiger partial charge on any atom is 0.328 e. The van der Waals surface area contributed by atoms with Gasteiger partial charge in [-0.15, -0.1) is 0 Å². The van der Waals surface area contributed by atoms with E-state index < -0.39 is 0 Å². The van der Waals surface area contributed by atoms with Crippen molar-refractivity contribution >= 4 is 40.7 Å². The van der Waals surface area contributed by atoms with E-state index in [-0.39, 0.29) is 11.9 Å². The number of likely N-dealkylation sites (tertiary alicyclic amines) is 1. The Balaban J connectivity index is 1.75. The Labute approximate surface area is 176 Å². The van der Waals surface area contributed by atoms with Crippen LogP contribution in [0.25, 0.3) is 0 Å². The molecule has 3 rings (SSSR count). The van der Waals surface area contributed by atoms with E-state index in [2.05, 4.69) is 26.6 Å². The van der Waals surface area contributed by atoms with Crippen LogP contribution in [0.15, 0.2) is 46.4 Å². The number of hydrogen-bond donors (Lipinski definition) is 2. The summed E-state index contributed by atoms with van der Waals surface area (Å²) in [4.78, 5) is 34.6. The van der Waals surface area contributed by atoms with Crippen LogP contribution < -0.4 is 10.6 Å². The molecule has 156 valence electrons. The largest absolute Gasteiger partial charge is 0.388 e. The molecule has 0 radical (unpaired) electrons. The number of imide groups is 1. The van der Waals surface area contributed by atoms with Gasteiger partial charge in [0.2, 0.25) is 5.91 Å². The van der Waals surface area contributed by atoms with Crippen molar-refractivity contribution in [1.29, 1.82) is 0 Å². The summed E-state index contributed by atoms with van der Waals surface area (Å²) in [6.07, 6.45) is 3.06. The number of urea groups is 1. The smallest absolute Gasteiger partial charge is 0.328 e. The van der Waals surface area contributed by atoms with Crippen molar-refractivity contribution in [2.45, 2.75) is 39.5 Å². The zero-order valence-corrected chi connectivity index (χ0v) is 17.7. The van der Waals surface area contributed by atoms with Crippen LogP contribution in [0, 0.1) is 13.8 Å². The van der Waals surface area contributed by atoms with Crippen molar-refractivity contribution in [3.63, 3.8) is 0 Å². The highest BCUT2D eigenvalue weighted by Gasteiger charge is 2.23. The number of aryl methyl sites for hydroxylation is 2. The van der Waals surface area contributed by atoms with Gasteiger partial charge in [0.1, 0.15) is 6.01 Å². The molecule has 1 fully saturated rings. The number of aliphatic imine (C=N–C) groups is 2.